The monoisotopic (exact) mass is 434 g/mol. The van der Waals surface area contributed by atoms with Crippen LogP contribution in [0.25, 0.3) is 11.0 Å². The van der Waals surface area contributed by atoms with Gasteiger partial charge in [-0.15, -0.1) is 0 Å². The van der Waals surface area contributed by atoms with Gasteiger partial charge in [0, 0.05) is 30.7 Å². The number of imide groups is 1. The third kappa shape index (κ3) is 3.68. The Balaban J connectivity index is 1.46. The van der Waals surface area contributed by atoms with Crippen LogP contribution in [0.5, 0.6) is 0 Å². The highest BCUT2D eigenvalue weighted by Crippen LogP contribution is 2.33. The molecule has 32 heavy (non-hydrogen) atoms. The number of benzene rings is 2. The summed E-state index contributed by atoms with van der Waals surface area (Å²) >= 11 is 0. The Morgan fingerprint density at radius 3 is 2.44 bits per heavy atom. The lowest BCUT2D eigenvalue weighted by atomic mass is 9.99. The number of anilines is 1. The molecule has 3 aromatic rings. The van der Waals surface area contributed by atoms with Crippen LogP contribution in [-0.4, -0.2) is 54.2 Å². The Labute approximate surface area is 184 Å². The van der Waals surface area contributed by atoms with Gasteiger partial charge >= 0.3 is 6.03 Å². The molecule has 9 nitrogen and oxygen atoms in total. The molecule has 1 aliphatic heterocycles. The van der Waals surface area contributed by atoms with Crippen LogP contribution in [0.1, 0.15) is 23.0 Å². The average molecular weight is 434 g/mol. The Morgan fingerprint density at radius 1 is 1.09 bits per heavy atom. The first kappa shape index (κ1) is 21.1. The summed E-state index contributed by atoms with van der Waals surface area (Å²) in [5.74, 6) is -0.995. The standard InChI is InChI=1S/C23H22N4O5/c1-23(18-12-15-6-4-5-7-17(15)32-18)21(30)27(22(31)25-23)13-19(28)24-16-10-8-14(9-11-16)20(29)26(2)3/h4-12H,13H2,1-3H3,(H,24,28)(H,25,31). The topological polar surface area (TPSA) is 112 Å². The molecule has 1 saturated heterocycles. The Hall–Kier alpha value is -4.14. The molecule has 0 aliphatic carbocycles. The van der Waals surface area contributed by atoms with Gasteiger partial charge in [-0.05, 0) is 43.3 Å². The number of rotatable bonds is 5. The van der Waals surface area contributed by atoms with Gasteiger partial charge in [-0.1, -0.05) is 18.2 Å². The average Bonchev–Trinajstić information content (AvgIpc) is 3.29. The minimum Gasteiger partial charge on any atom is -0.458 e. The highest BCUT2D eigenvalue weighted by molar-refractivity contribution is 6.10. The van der Waals surface area contributed by atoms with Crippen LogP contribution in [0, 0.1) is 0 Å². The Morgan fingerprint density at radius 2 is 1.78 bits per heavy atom. The molecule has 9 heteroatoms. The lowest BCUT2D eigenvalue weighted by molar-refractivity contribution is -0.134. The minimum absolute atomic E-state index is 0.160. The number of nitrogens with one attached hydrogen (secondary N) is 2. The maximum absolute atomic E-state index is 13.0. The van der Waals surface area contributed by atoms with E-state index in [1.165, 1.54) is 4.90 Å². The van der Waals surface area contributed by atoms with Crippen molar-refractivity contribution in [2.45, 2.75) is 12.5 Å². The van der Waals surface area contributed by atoms with Crippen molar-refractivity contribution in [1.29, 1.82) is 0 Å². The molecule has 0 radical (unpaired) electrons. The predicted molar refractivity (Wildman–Crippen MR) is 117 cm³/mol. The lowest BCUT2D eigenvalue weighted by Gasteiger charge is -2.19. The molecule has 0 spiro atoms. The van der Waals surface area contributed by atoms with Gasteiger partial charge in [0.1, 0.15) is 17.9 Å². The summed E-state index contributed by atoms with van der Waals surface area (Å²) in [5, 5.41) is 6.07. The zero-order valence-corrected chi connectivity index (χ0v) is 17.8. The van der Waals surface area contributed by atoms with Crippen molar-refractivity contribution in [2.75, 3.05) is 26.0 Å². The van der Waals surface area contributed by atoms with Crippen LogP contribution < -0.4 is 10.6 Å². The summed E-state index contributed by atoms with van der Waals surface area (Å²) in [6.45, 7) is 1.09. The van der Waals surface area contributed by atoms with Gasteiger partial charge in [0.15, 0.2) is 5.54 Å². The molecule has 1 unspecified atom stereocenters. The van der Waals surface area contributed by atoms with Gasteiger partial charge in [-0.2, -0.15) is 0 Å². The van der Waals surface area contributed by atoms with Crippen molar-refractivity contribution in [3.05, 3.63) is 65.9 Å². The van der Waals surface area contributed by atoms with Crippen LogP contribution in [0.4, 0.5) is 10.5 Å². The molecule has 0 saturated carbocycles. The van der Waals surface area contributed by atoms with Gasteiger partial charge in [0.25, 0.3) is 11.8 Å². The number of hydrogen-bond donors (Lipinski definition) is 2. The fraction of sp³-hybridized carbons (Fsp3) is 0.217. The van der Waals surface area contributed by atoms with Gasteiger partial charge < -0.3 is 20.0 Å². The number of fused-ring (bicyclic) bond motifs is 1. The largest absolute Gasteiger partial charge is 0.458 e. The summed E-state index contributed by atoms with van der Waals surface area (Å²) in [5.41, 5.74) is 0.101. The second kappa shape index (κ2) is 7.84. The van der Waals surface area contributed by atoms with Crippen molar-refractivity contribution in [1.82, 2.24) is 15.1 Å². The number of furan rings is 1. The van der Waals surface area contributed by atoms with Gasteiger partial charge in [-0.25, -0.2) is 4.79 Å². The summed E-state index contributed by atoms with van der Waals surface area (Å²) < 4.78 is 5.78. The summed E-state index contributed by atoms with van der Waals surface area (Å²) in [4.78, 5) is 52.3. The SMILES string of the molecule is CN(C)C(=O)c1ccc(NC(=O)CN2C(=O)NC(C)(c3cc4ccccc4o3)C2=O)cc1. The summed E-state index contributed by atoms with van der Waals surface area (Å²) in [7, 11) is 3.30. The molecule has 2 aromatic carbocycles. The molecule has 1 fully saturated rings. The van der Waals surface area contributed by atoms with E-state index in [0.717, 1.165) is 10.3 Å². The number of carbonyl (C=O) groups excluding carboxylic acids is 4. The van der Waals surface area contributed by atoms with E-state index in [4.69, 9.17) is 4.42 Å². The zero-order valence-electron chi connectivity index (χ0n) is 17.8. The van der Waals surface area contributed by atoms with E-state index in [0.29, 0.717) is 22.6 Å². The van der Waals surface area contributed by atoms with E-state index < -0.39 is 29.9 Å². The molecule has 2 N–H and O–H groups in total. The molecule has 0 bridgehead atoms. The van der Waals surface area contributed by atoms with Gasteiger partial charge in [-0.3, -0.25) is 19.3 Å². The van der Waals surface area contributed by atoms with E-state index in [9.17, 15) is 19.2 Å². The first-order valence-corrected chi connectivity index (χ1v) is 9.94. The van der Waals surface area contributed by atoms with Crippen molar-refractivity contribution in [2.24, 2.45) is 0 Å². The maximum Gasteiger partial charge on any atom is 0.325 e. The van der Waals surface area contributed by atoms with Crippen LogP contribution >= 0.6 is 0 Å². The number of nitrogens with zero attached hydrogens (tertiary/aromatic N) is 2. The lowest BCUT2D eigenvalue weighted by Crippen LogP contribution is -2.41. The van der Waals surface area contributed by atoms with Crippen molar-refractivity contribution >= 4 is 40.4 Å². The molecule has 164 valence electrons. The maximum atomic E-state index is 13.0. The van der Waals surface area contributed by atoms with Crippen LogP contribution in [-0.2, 0) is 15.1 Å². The third-order valence-electron chi connectivity index (χ3n) is 5.32. The van der Waals surface area contributed by atoms with Gasteiger partial charge in [0.2, 0.25) is 5.91 Å². The fourth-order valence-corrected chi connectivity index (χ4v) is 3.53. The number of hydrogen-bond acceptors (Lipinski definition) is 5. The van der Waals surface area contributed by atoms with Crippen molar-refractivity contribution in [3.8, 4) is 0 Å². The quantitative estimate of drug-likeness (QED) is 0.600. The summed E-state index contributed by atoms with van der Waals surface area (Å²) in [6.07, 6.45) is 0. The summed E-state index contributed by atoms with van der Waals surface area (Å²) in [6, 6.07) is 14.6. The number of amides is 5. The number of carbonyl (C=O) groups is 4. The van der Waals surface area contributed by atoms with Crippen molar-refractivity contribution < 1.29 is 23.6 Å². The van der Waals surface area contributed by atoms with Crippen LogP contribution in [0.3, 0.4) is 0 Å². The molecular formula is C23H22N4O5. The molecule has 2 heterocycles. The fourth-order valence-electron chi connectivity index (χ4n) is 3.53. The third-order valence-corrected chi connectivity index (χ3v) is 5.32. The zero-order chi connectivity index (χ0) is 23.0. The normalized spacial score (nSPS) is 18.0. The molecule has 5 amide bonds. The van der Waals surface area contributed by atoms with Gasteiger partial charge in [0.05, 0.1) is 0 Å². The van der Waals surface area contributed by atoms with E-state index in [1.54, 1.807) is 57.4 Å². The highest BCUT2D eigenvalue weighted by atomic mass is 16.3. The highest BCUT2D eigenvalue weighted by Gasteiger charge is 2.51. The number of para-hydroxylation sites is 1. The first-order valence-electron chi connectivity index (χ1n) is 9.94. The first-order chi connectivity index (χ1) is 15.2. The van der Waals surface area contributed by atoms with Crippen LogP contribution in [0.2, 0.25) is 0 Å². The Bertz CT molecular complexity index is 1200. The second-order valence-corrected chi connectivity index (χ2v) is 7.92. The molecule has 1 aromatic heterocycles. The predicted octanol–water partition coefficient (Wildman–Crippen LogP) is 2.54. The number of urea groups is 1. The van der Waals surface area contributed by atoms with Crippen molar-refractivity contribution in [3.63, 3.8) is 0 Å². The van der Waals surface area contributed by atoms with Crippen LogP contribution in [0.15, 0.2) is 59.0 Å². The molecule has 1 atom stereocenters. The smallest absolute Gasteiger partial charge is 0.325 e. The molecule has 1 aliphatic rings. The van der Waals surface area contributed by atoms with E-state index in [-0.39, 0.29) is 5.91 Å². The molecular weight excluding hydrogens is 412 g/mol. The minimum atomic E-state index is -1.41. The van der Waals surface area contributed by atoms with E-state index in [1.807, 2.05) is 18.2 Å². The van der Waals surface area contributed by atoms with E-state index in [2.05, 4.69) is 10.6 Å². The Kier molecular flexibility index (Phi) is 5.17. The second-order valence-electron chi connectivity index (χ2n) is 7.92. The molecule has 4 rings (SSSR count). The van der Waals surface area contributed by atoms with E-state index >= 15 is 0 Å².